The van der Waals surface area contributed by atoms with E-state index in [2.05, 4.69) is 9.98 Å². The van der Waals surface area contributed by atoms with E-state index in [1.807, 2.05) is 0 Å². The fourth-order valence-corrected chi connectivity index (χ4v) is 3.01. The Balaban J connectivity index is 2.13. The molecule has 0 saturated carbocycles. The molecule has 0 aliphatic carbocycles. The Hall–Kier alpha value is -2.50. The highest BCUT2D eigenvalue weighted by Crippen LogP contribution is 2.37. The van der Waals surface area contributed by atoms with E-state index in [-0.39, 0.29) is 21.2 Å². The van der Waals surface area contributed by atoms with Crippen molar-refractivity contribution >= 4 is 41.2 Å². The number of aliphatic imine (C=N–C) groups is 1. The zero-order valence-corrected chi connectivity index (χ0v) is 13.6. The highest BCUT2D eigenvalue weighted by atomic mass is 35.5. The summed E-state index contributed by atoms with van der Waals surface area (Å²) in [5.41, 5.74) is -0.957. The fraction of sp³-hybridized carbons (Fsp3) is 0.0588. The van der Waals surface area contributed by atoms with Gasteiger partial charge in [-0.1, -0.05) is 29.3 Å². The normalized spacial score (nSPS) is 18.8. The van der Waals surface area contributed by atoms with Gasteiger partial charge >= 0.3 is 5.97 Å². The first-order chi connectivity index (χ1) is 11.5. The molecule has 1 aromatic heterocycles. The molecule has 0 amide bonds. The topological polar surface area (TPSA) is 79.6 Å². The van der Waals surface area contributed by atoms with Crippen molar-refractivity contribution in [1.82, 2.24) is 4.98 Å². The van der Waals surface area contributed by atoms with Gasteiger partial charge in [0, 0.05) is 12.4 Å². The average molecular weight is 361 g/mol. The molecule has 7 heteroatoms. The second kappa shape index (κ2) is 6.19. The molecule has 0 fully saturated rings. The smallest absolute Gasteiger partial charge is 0.337 e. The number of carbonyl (C=O) groups is 2. The molecule has 5 nitrogen and oxygen atoms in total. The molecule has 1 aliphatic rings. The van der Waals surface area contributed by atoms with E-state index >= 15 is 0 Å². The Kier molecular flexibility index (Phi) is 4.22. The van der Waals surface area contributed by atoms with E-state index in [0.717, 1.165) is 0 Å². The molecule has 1 atom stereocenters. The number of carboxylic acids is 1. The van der Waals surface area contributed by atoms with Gasteiger partial charge < -0.3 is 5.11 Å². The monoisotopic (exact) mass is 360 g/mol. The van der Waals surface area contributed by atoms with Gasteiger partial charge in [-0.25, -0.2) is 4.79 Å². The number of allylic oxidation sites excluding steroid dienone is 1. The van der Waals surface area contributed by atoms with Gasteiger partial charge in [0.2, 0.25) is 5.78 Å². The minimum absolute atomic E-state index is 0.0167. The van der Waals surface area contributed by atoms with E-state index in [1.165, 1.54) is 24.5 Å². The minimum atomic E-state index is -1.41. The summed E-state index contributed by atoms with van der Waals surface area (Å²) < 4.78 is 0. The molecule has 0 saturated heterocycles. The maximum Gasteiger partial charge on any atom is 0.337 e. The van der Waals surface area contributed by atoms with Crippen molar-refractivity contribution in [3.8, 4) is 0 Å². The van der Waals surface area contributed by atoms with Gasteiger partial charge in [0.05, 0.1) is 26.9 Å². The van der Waals surface area contributed by atoms with Gasteiger partial charge in [-0.05, 0) is 36.4 Å². The van der Waals surface area contributed by atoms with Crippen molar-refractivity contribution in [2.24, 2.45) is 4.99 Å². The van der Waals surface area contributed by atoms with Gasteiger partial charge in [0.25, 0.3) is 0 Å². The lowest BCUT2D eigenvalue weighted by molar-refractivity contribution is 0.0696. The standard InChI is InChI=1S/C17H10Cl2N2O3/c18-11-3-1-4-12(19)14(11)15(22)17(7-2-8-21-17)13-6-5-10(9-20-13)16(23)24/h1-9H,(H,23,24). The van der Waals surface area contributed by atoms with Crippen LogP contribution in [-0.4, -0.2) is 28.1 Å². The van der Waals surface area contributed by atoms with Gasteiger partial charge in [0.1, 0.15) is 0 Å². The second-order valence-corrected chi connectivity index (χ2v) is 5.88. The summed E-state index contributed by atoms with van der Waals surface area (Å²) in [5.74, 6) is -1.53. The fourth-order valence-electron chi connectivity index (χ4n) is 2.44. The predicted molar refractivity (Wildman–Crippen MR) is 91.3 cm³/mol. The van der Waals surface area contributed by atoms with Crippen LogP contribution in [0.1, 0.15) is 26.4 Å². The number of carbonyl (C=O) groups excluding carboxylic acids is 1. The quantitative estimate of drug-likeness (QED) is 0.840. The van der Waals surface area contributed by atoms with Crippen LogP contribution in [0.15, 0.2) is 53.7 Å². The molecule has 2 heterocycles. The molecular formula is C17H10Cl2N2O3. The first-order valence-electron chi connectivity index (χ1n) is 6.87. The first kappa shape index (κ1) is 16.4. The molecule has 1 aliphatic heterocycles. The Labute approximate surface area is 147 Å². The number of carboxylic acid groups (broad SMARTS) is 1. The number of aromatic carboxylic acids is 1. The molecular weight excluding hydrogens is 351 g/mol. The molecule has 0 radical (unpaired) electrons. The lowest BCUT2D eigenvalue weighted by atomic mass is 9.86. The zero-order chi connectivity index (χ0) is 17.3. The maximum absolute atomic E-state index is 13.1. The maximum atomic E-state index is 13.1. The van der Waals surface area contributed by atoms with Crippen LogP contribution in [0.25, 0.3) is 0 Å². The van der Waals surface area contributed by atoms with Crippen LogP contribution < -0.4 is 0 Å². The molecule has 2 aromatic rings. The van der Waals surface area contributed by atoms with Crippen LogP contribution in [0.2, 0.25) is 10.0 Å². The molecule has 1 aromatic carbocycles. The summed E-state index contributed by atoms with van der Waals surface area (Å²) in [4.78, 5) is 32.5. The number of aromatic nitrogens is 1. The highest BCUT2D eigenvalue weighted by Gasteiger charge is 2.42. The van der Waals surface area contributed by atoms with Crippen molar-refractivity contribution < 1.29 is 14.7 Å². The van der Waals surface area contributed by atoms with Crippen molar-refractivity contribution in [1.29, 1.82) is 0 Å². The Morgan fingerprint density at radius 3 is 2.29 bits per heavy atom. The first-order valence-corrected chi connectivity index (χ1v) is 7.63. The van der Waals surface area contributed by atoms with E-state index in [9.17, 15) is 9.59 Å². The van der Waals surface area contributed by atoms with Crippen LogP contribution in [0.4, 0.5) is 0 Å². The van der Waals surface area contributed by atoms with Crippen molar-refractivity contribution in [3.63, 3.8) is 0 Å². The van der Waals surface area contributed by atoms with Crippen molar-refractivity contribution in [3.05, 3.63) is 75.5 Å². The molecule has 24 heavy (non-hydrogen) atoms. The molecule has 3 rings (SSSR count). The summed E-state index contributed by atoms with van der Waals surface area (Å²) in [6.07, 6.45) is 5.87. The van der Waals surface area contributed by atoms with Gasteiger partial charge in [-0.3, -0.25) is 14.8 Å². The number of hydrogen-bond acceptors (Lipinski definition) is 4. The summed E-state index contributed by atoms with van der Waals surface area (Å²) in [5, 5.41) is 9.40. The Morgan fingerprint density at radius 2 is 1.79 bits per heavy atom. The molecule has 1 N–H and O–H groups in total. The number of benzene rings is 1. The van der Waals surface area contributed by atoms with E-state index in [0.29, 0.717) is 5.69 Å². The molecule has 0 bridgehead atoms. The van der Waals surface area contributed by atoms with E-state index in [4.69, 9.17) is 28.3 Å². The van der Waals surface area contributed by atoms with Gasteiger partial charge in [-0.2, -0.15) is 0 Å². The largest absolute Gasteiger partial charge is 0.478 e. The van der Waals surface area contributed by atoms with Crippen LogP contribution in [0.3, 0.4) is 0 Å². The van der Waals surface area contributed by atoms with Gasteiger partial charge in [0.15, 0.2) is 5.54 Å². The number of ketones is 1. The molecule has 120 valence electrons. The van der Waals surface area contributed by atoms with Crippen molar-refractivity contribution in [2.45, 2.75) is 5.54 Å². The van der Waals surface area contributed by atoms with E-state index in [1.54, 1.807) is 30.4 Å². The summed E-state index contributed by atoms with van der Waals surface area (Å²) in [6.45, 7) is 0. The second-order valence-electron chi connectivity index (χ2n) is 5.07. The SMILES string of the molecule is O=C(O)c1ccc(C2(C(=O)c3c(Cl)cccc3Cl)C=CC=N2)nc1. The number of rotatable bonds is 4. The number of hydrogen-bond donors (Lipinski definition) is 1. The van der Waals surface area contributed by atoms with Gasteiger partial charge in [-0.15, -0.1) is 0 Å². The third-order valence-corrected chi connectivity index (χ3v) is 4.27. The van der Waals surface area contributed by atoms with Crippen LogP contribution in [-0.2, 0) is 5.54 Å². The lowest BCUT2D eigenvalue weighted by Gasteiger charge is -2.23. The van der Waals surface area contributed by atoms with Crippen molar-refractivity contribution in [2.75, 3.05) is 0 Å². The van der Waals surface area contributed by atoms with E-state index < -0.39 is 17.3 Å². The summed E-state index contributed by atoms with van der Waals surface area (Å²) >= 11 is 12.3. The molecule has 1 unspecified atom stereocenters. The number of halogens is 2. The van der Waals surface area contributed by atoms with Crippen LogP contribution >= 0.6 is 23.2 Å². The Morgan fingerprint density at radius 1 is 1.08 bits per heavy atom. The number of nitrogens with zero attached hydrogens (tertiary/aromatic N) is 2. The average Bonchev–Trinajstić information content (AvgIpc) is 3.05. The summed E-state index contributed by atoms with van der Waals surface area (Å²) in [6, 6.07) is 7.60. The predicted octanol–water partition coefficient (Wildman–Crippen LogP) is 3.81. The third-order valence-electron chi connectivity index (χ3n) is 3.64. The number of pyridine rings is 1. The van der Waals surface area contributed by atoms with Crippen LogP contribution in [0.5, 0.6) is 0 Å². The third kappa shape index (κ3) is 2.62. The minimum Gasteiger partial charge on any atom is -0.478 e. The lowest BCUT2D eigenvalue weighted by Crippen LogP contribution is -2.32. The Bertz CT molecular complexity index is 857. The number of Topliss-reactive ketones (excluding diaryl/α,β-unsaturated/α-hetero) is 1. The highest BCUT2D eigenvalue weighted by molar-refractivity contribution is 6.40. The zero-order valence-electron chi connectivity index (χ0n) is 12.1. The van der Waals surface area contributed by atoms with Crippen LogP contribution in [0, 0.1) is 0 Å². The molecule has 0 spiro atoms. The summed E-state index contributed by atoms with van der Waals surface area (Å²) in [7, 11) is 0.